The van der Waals surface area contributed by atoms with Crippen molar-refractivity contribution < 1.29 is 18.0 Å². The number of nitrogens with zero attached hydrogens (tertiary/aromatic N) is 1. The van der Waals surface area contributed by atoms with Crippen LogP contribution < -0.4 is 0 Å². The maximum atomic E-state index is 11.9. The van der Waals surface area contributed by atoms with Crippen molar-refractivity contribution in [2.24, 2.45) is 0 Å². The summed E-state index contributed by atoms with van der Waals surface area (Å²) in [5, 5.41) is 1.17. The van der Waals surface area contributed by atoms with Gasteiger partial charge in [0.25, 0.3) is 5.91 Å². The van der Waals surface area contributed by atoms with Gasteiger partial charge in [0, 0.05) is 12.8 Å². The molecule has 1 heterocycles. The van der Waals surface area contributed by atoms with Crippen LogP contribution in [0, 0.1) is 0 Å². The lowest BCUT2D eigenvalue weighted by Gasteiger charge is -2.32. The zero-order valence-corrected chi connectivity index (χ0v) is 10.1. The van der Waals surface area contributed by atoms with E-state index in [2.05, 4.69) is 0 Å². The zero-order chi connectivity index (χ0) is 11.7. The highest BCUT2D eigenvalue weighted by Crippen LogP contribution is 2.20. The topological polar surface area (TPSA) is 63.7 Å². The SMILES string of the molecule is CC(C)(C(=O)N1CCCCO1)S(C)(=O)=O. The lowest BCUT2D eigenvalue weighted by atomic mass is 10.2. The van der Waals surface area contributed by atoms with Crippen molar-refractivity contribution in [2.75, 3.05) is 19.4 Å². The molecule has 88 valence electrons. The van der Waals surface area contributed by atoms with Gasteiger partial charge in [-0.15, -0.1) is 0 Å². The Hall–Kier alpha value is -0.620. The van der Waals surface area contributed by atoms with Crippen molar-refractivity contribution >= 4 is 15.7 Å². The van der Waals surface area contributed by atoms with Crippen LogP contribution in [0.4, 0.5) is 0 Å². The molecule has 1 rings (SSSR count). The largest absolute Gasteiger partial charge is 0.271 e. The molecule has 1 aliphatic rings. The summed E-state index contributed by atoms with van der Waals surface area (Å²) in [6.45, 7) is 3.76. The van der Waals surface area contributed by atoms with Crippen LogP contribution in [-0.2, 0) is 19.5 Å². The second kappa shape index (κ2) is 4.09. The summed E-state index contributed by atoms with van der Waals surface area (Å²) in [5.74, 6) is -0.482. The van der Waals surface area contributed by atoms with Gasteiger partial charge < -0.3 is 0 Å². The van der Waals surface area contributed by atoms with Crippen molar-refractivity contribution in [3.63, 3.8) is 0 Å². The second-order valence-corrected chi connectivity index (χ2v) is 6.80. The summed E-state index contributed by atoms with van der Waals surface area (Å²) < 4.78 is 21.5. The highest BCUT2D eigenvalue weighted by Gasteiger charge is 2.42. The molecule has 0 unspecified atom stereocenters. The van der Waals surface area contributed by atoms with Crippen LogP contribution in [0.1, 0.15) is 26.7 Å². The third-order valence-corrected chi connectivity index (χ3v) is 4.70. The van der Waals surface area contributed by atoms with Gasteiger partial charge in [0.15, 0.2) is 9.84 Å². The molecule has 1 amide bonds. The molecule has 0 saturated carbocycles. The first-order valence-corrected chi connectivity index (χ1v) is 6.80. The average Bonchev–Trinajstić information content (AvgIpc) is 2.16. The Morgan fingerprint density at radius 3 is 2.33 bits per heavy atom. The van der Waals surface area contributed by atoms with Crippen molar-refractivity contribution in [2.45, 2.75) is 31.4 Å². The van der Waals surface area contributed by atoms with Crippen LogP contribution >= 0.6 is 0 Å². The van der Waals surface area contributed by atoms with Crippen LogP contribution in [0.2, 0.25) is 0 Å². The van der Waals surface area contributed by atoms with E-state index in [9.17, 15) is 13.2 Å². The van der Waals surface area contributed by atoms with E-state index in [1.807, 2.05) is 0 Å². The van der Waals surface area contributed by atoms with Crippen molar-refractivity contribution in [1.29, 1.82) is 0 Å². The first kappa shape index (κ1) is 12.4. The molecule has 0 N–H and O–H groups in total. The van der Waals surface area contributed by atoms with E-state index in [0.29, 0.717) is 13.2 Å². The van der Waals surface area contributed by atoms with E-state index in [1.54, 1.807) is 0 Å². The van der Waals surface area contributed by atoms with Gasteiger partial charge in [0.1, 0.15) is 4.75 Å². The van der Waals surface area contributed by atoms with Gasteiger partial charge in [0.05, 0.1) is 6.61 Å². The molecule has 0 atom stereocenters. The smallest absolute Gasteiger partial charge is 0.266 e. The fraction of sp³-hybridized carbons (Fsp3) is 0.889. The maximum Gasteiger partial charge on any atom is 0.266 e. The number of carbonyl (C=O) groups excluding carboxylic acids is 1. The van der Waals surface area contributed by atoms with Gasteiger partial charge in [-0.05, 0) is 26.7 Å². The standard InChI is InChI=1S/C9H17NO4S/c1-9(2,15(3,12)13)8(11)10-6-4-5-7-14-10/h4-7H2,1-3H3. The number of hydrogen-bond donors (Lipinski definition) is 0. The van der Waals surface area contributed by atoms with Crippen LogP contribution in [0.3, 0.4) is 0 Å². The Morgan fingerprint density at radius 1 is 1.33 bits per heavy atom. The molecule has 1 saturated heterocycles. The molecule has 0 aromatic heterocycles. The van der Waals surface area contributed by atoms with Crippen LogP contribution in [0.15, 0.2) is 0 Å². The Bertz CT molecular complexity index is 341. The zero-order valence-electron chi connectivity index (χ0n) is 9.32. The highest BCUT2D eigenvalue weighted by atomic mass is 32.2. The fourth-order valence-electron chi connectivity index (χ4n) is 1.22. The van der Waals surface area contributed by atoms with Gasteiger partial charge in [-0.1, -0.05) is 0 Å². The van der Waals surface area contributed by atoms with Crippen molar-refractivity contribution in [3.8, 4) is 0 Å². The minimum atomic E-state index is -3.42. The number of hydrogen-bond acceptors (Lipinski definition) is 4. The second-order valence-electron chi connectivity index (χ2n) is 4.23. The molecule has 5 nitrogen and oxygen atoms in total. The number of carbonyl (C=O) groups is 1. The van der Waals surface area contributed by atoms with E-state index in [0.717, 1.165) is 19.1 Å². The number of sulfone groups is 1. The lowest BCUT2D eigenvalue weighted by molar-refractivity contribution is -0.198. The number of amides is 1. The first-order chi connectivity index (χ1) is 6.77. The molecule has 1 aliphatic heterocycles. The monoisotopic (exact) mass is 235 g/mol. The van der Waals surface area contributed by atoms with Crippen LogP contribution in [-0.4, -0.2) is 43.5 Å². The molecule has 0 aromatic rings. The van der Waals surface area contributed by atoms with E-state index < -0.39 is 20.5 Å². The molecular weight excluding hydrogens is 218 g/mol. The van der Waals surface area contributed by atoms with E-state index in [4.69, 9.17) is 4.84 Å². The summed E-state index contributed by atoms with van der Waals surface area (Å²) in [6, 6.07) is 0. The van der Waals surface area contributed by atoms with Crippen LogP contribution in [0.5, 0.6) is 0 Å². The van der Waals surface area contributed by atoms with Gasteiger partial charge in [0.2, 0.25) is 0 Å². The first-order valence-electron chi connectivity index (χ1n) is 4.91. The molecule has 0 spiro atoms. The third-order valence-electron chi connectivity index (χ3n) is 2.67. The highest BCUT2D eigenvalue weighted by molar-refractivity contribution is 7.92. The van der Waals surface area contributed by atoms with Gasteiger partial charge >= 0.3 is 0 Å². The molecule has 0 aliphatic carbocycles. The van der Waals surface area contributed by atoms with E-state index >= 15 is 0 Å². The van der Waals surface area contributed by atoms with Gasteiger partial charge in [-0.25, -0.2) is 13.5 Å². The molecule has 0 aromatic carbocycles. The normalized spacial score (nSPS) is 19.0. The van der Waals surface area contributed by atoms with Crippen LogP contribution in [0.25, 0.3) is 0 Å². The Balaban J connectivity index is 2.83. The van der Waals surface area contributed by atoms with Gasteiger partial charge in [-0.3, -0.25) is 9.63 Å². The number of rotatable bonds is 2. The predicted octanol–water partition coefficient (Wildman–Crippen LogP) is 0.364. The van der Waals surface area contributed by atoms with Crippen molar-refractivity contribution in [3.05, 3.63) is 0 Å². The Labute approximate surface area is 90.3 Å². The summed E-state index contributed by atoms with van der Waals surface area (Å²) in [6.07, 6.45) is 2.82. The quantitative estimate of drug-likeness (QED) is 0.693. The molecule has 6 heteroatoms. The van der Waals surface area contributed by atoms with E-state index in [-0.39, 0.29) is 0 Å². The lowest BCUT2D eigenvalue weighted by Crippen LogP contribution is -2.51. The summed E-state index contributed by atoms with van der Waals surface area (Å²) in [5.41, 5.74) is 0. The molecule has 0 radical (unpaired) electrons. The Kier molecular flexibility index (Phi) is 3.40. The summed E-state index contributed by atoms with van der Waals surface area (Å²) in [4.78, 5) is 17.0. The van der Waals surface area contributed by atoms with E-state index in [1.165, 1.54) is 18.9 Å². The van der Waals surface area contributed by atoms with Gasteiger partial charge in [-0.2, -0.15) is 0 Å². The summed E-state index contributed by atoms with van der Waals surface area (Å²) >= 11 is 0. The predicted molar refractivity (Wildman–Crippen MR) is 55.8 cm³/mol. The minimum absolute atomic E-state index is 0.470. The number of hydroxylamine groups is 2. The van der Waals surface area contributed by atoms with Crippen molar-refractivity contribution in [1.82, 2.24) is 5.06 Å². The molecule has 1 fully saturated rings. The minimum Gasteiger partial charge on any atom is -0.271 e. The fourth-order valence-corrected chi connectivity index (χ4v) is 1.63. The molecule has 0 bridgehead atoms. The third kappa shape index (κ3) is 2.49. The summed E-state index contributed by atoms with van der Waals surface area (Å²) in [7, 11) is -3.42. The average molecular weight is 235 g/mol. The molecular formula is C9H17NO4S. The Morgan fingerprint density at radius 2 is 1.93 bits per heavy atom. The molecule has 15 heavy (non-hydrogen) atoms. The maximum absolute atomic E-state index is 11.9.